The Bertz CT molecular complexity index is 2220. The summed E-state index contributed by atoms with van der Waals surface area (Å²) in [6, 6.07) is 50.8. The van der Waals surface area contributed by atoms with E-state index in [1.165, 1.54) is 16.7 Å². The van der Waals surface area contributed by atoms with Crippen molar-refractivity contribution in [2.45, 2.75) is 26.2 Å². The van der Waals surface area contributed by atoms with Crippen molar-refractivity contribution in [3.05, 3.63) is 164 Å². The van der Waals surface area contributed by atoms with Gasteiger partial charge in [-0.2, -0.15) is 12.1 Å². The largest absolute Gasteiger partial charge is 0.509 e. The summed E-state index contributed by atoms with van der Waals surface area (Å²) in [6.45, 7) is 8.93. The van der Waals surface area contributed by atoms with E-state index in [0.29, 0.717) is 11.5 Å². The molecule has 48 heavy (non-hydrogen) atoms. The Morgan fingerprint density at radius 2 is 1.33 bits per heavy atom. The zero-order chi connectivity index (χ0) is 32.0. The number of hydrogen-bond donors (Lipinski definition) is 0. The van der Waals surface area contributed by atoms with Crippen molar-refractivity contribution in [3.63, 3.8) is 0 Å². The van der Waals surface area contributed by atoms with Crippen LogP contribution in [0.5, 0.6) is 11.5 Å². The third kappa shape index (κ3) is 5.91. The second kappa shape index (κ2) is 12.8. The molecule has 8 rings (SSSR count). The van der Waals surface area contributed by atoms with Crippen LogP contribution in [0.3, 0.4) is 0 Å². The second-order valence-electron chi connectivity index (χ2n) is 12.7. The number of benzene rings is 5. The molecule has 0 aliphatic carbocycles. The van der Waals surface area contributed by atoms with Gasteiger partial charge in [0, 0.05) is 73.0 Å². The molecule has 1 aliphatic rings. The molecule has 0 fully saturated rings. The van der Waals surface area contributed by atoms with Gasteiger partial charge in [0.05, 0.1) is 0 Å². The average molecular weight is 805 g/mol. The zero-order valence-corrected chi connectivity index (χ0v) is 29.1. The molecule has 0 saturated carbocycles. The normalized spacial score (nSPS) is 12.6. The van der Waals surface area contributed by atoms with Crippen molar-refractivity contribution < 1.29 is 25.8 Å². The Morgan fingerprint density at radius 1 is 0.646 bits per heavy atom. The standard InChI is InChI=1S/C42H33N4O.Pt/c1-42(2,3)32-21-22-37(30-12-5-4-6-13-30)40(26-32)46-29-45(38-19-7-8-20-39(38)46)34-16-10-18-36(28-34)47-35-17-9-15-33(27-35)44-25-23-31-14-11-24-43-41(31)44;/h4-26,29H,1-3H3;/q-3;. The van der Waals surface area contributed by atoms with Crippen LogP contribution in [-0.2, 0) is 26.5 Å². The van der Waals surface area contributed by atoms with Crippen molar-refractivity contribution >= 4 is 33.8 Å². The zero-order valence-electron chi connectivity index (χ0n) is 26.9. The molecule has 5 aromatic carbocycles. The Kier molecular flexibility index (Phi) is 8.41. The smallest absolute Gasteiger partial charge is 0.142 e. The van der Waals surface area contributed by atoms with Crippen LogP contribution in [-0.4, -0.2) is 9.55 Å². The van der Waals surface area contributed by atoms with Gasteiger partial charge >= 0.3 is 0 Å². The third-order valence-corrected chi connectivity index (χ3v) is 8.53. The second-order valence-corrected chi connectivity index (χ2v) is 12.7. The average Bonchev–Trinajstić information content (AvgIpc) is 3.71. The van der Waals surface area contributed by atoms with E-state index in [1.54, 1.807) is 6.20 Å². The molecule has 0 N–H and O–H groups in total. The Morgan fingerprint density at radius 3 is 2.08 bits per heavy atom. The van der Waals surface area contributed by atoms with Crippen LogP contribution in [0.2, 0.25) is 0 Å². The Balaban J connectivity index is 0.00000364. The molecule has 3 heterocycles. The van der Waals surface area contributed by atoms with Gasteiger partial charge < -0.3 is 19.1 Å². The number of fused-ring (bicyclic) bond motifs is 2. The molecule has 1 aliphatic heterocycles. The number of pyridine rings is 1. The fourth-order valence-corrected chi connectivity index (χ4v) is 6.11. The van der Waals surface area contributed by atoms with Crippen LogP contribution >= 0.6 is 0 Å². The first-order chi connectivity index (χ1) is 22.9. The molecule has 0 unspecified atom stereocenters. The SMILES string of the molecule is CC(C)(C)c1ccc(-c2ccccc2)c(N2[CH-]N(c3[c-]c(Oc4[c-]c(-n5ccc6cccnc65)ccc4)ccc3)c3ccccc32)c1.[Pt]. The molecule has 0 saturated heterocycles. The summed E-state index contributed by atoms with van der Waals surface area (Å²) in [7, 11) is 0. The third-order valence-electron chi connectivity index (χ3n) is 8.53. The van der Waals surface area contributed by atoms with Gasteiger partial charge in [0.1, 0.15) is 5.65 Å². The van der Waals surface area contributed by atoms with Crippen molar-refractivity contribution in [1.82, 2.24) is 9.55 Å². The van der Waals surface area contributed by atoms with E-state index in [-0.39, 0.29) is 26.5 Å². The fraction of sp³-hybridized carbons (Fsp3) is 0.0952. The van der Waals surface area contributed by atoms with Crippen LogP contribution in [0.1, 0.15) is 26.3 Å². The van der Waals surface area contributed by atoms with Gasteiger partial charge in [-0.15, -0.1) is 48.8 Å². The molecular weight excluding hydrogens is 772 g/mol. The number of rotatable bonds is 6. The topological polar surface area (TPSA) is 33.5 Å². The monoisotopic (exact) mass is 804 g/mol. The van der Waals surface area contributed by atoms with Gasteiger partial charge in [-0.1, -0.05) is 81.1 Å². The minimum absolute atomic E-state index is 0. The first kappa shape index (κ1) is 31.5. The summed E-state index contributed by atoms with van der Waals surface area (Å²) < 4.78 is 8.38. The van der Waals surface area contributed by atoms with Gasteiger partial charge in [-0.05, 0) is 52.9 Å². The molecule has 5 nitrogen and oxygen atoms in total. The maximum absolute atomic E-state index is 6.36. The van der Waals surface area contributed by atoms with E-state index in [0.717, 1.165) is 39.5 Å². The first-order valence-electron chi connectivity index (χ1n) is 15.8. The predicted octanol–water partition coefficient (Wildman–Crippen LogP) is 10.8. The molecule has 0 amide bonds. The minimum Gasteiger partial charge on any atom is -0.509 e. The number of para-hydroxylation sites is 2. The van der Waals surface area contributed by atoms with E-state index in [4.69, 9.17) is 4.74 Å². The van der Waals surface area contributed by atoms with Crippen molar-refractivity contribution in [1.29, 1.82) is 0 Å². The van der Waals surface area contributed by atoms with Gasteiger partial charge in [0.15, 0.2) is 0 Å². The fourth-order valence-electron chi connectivity index (χ4n) is 6.11. The maximum atomic E-state index is 6.36. The Hall–Kier alpha value is -5.12. The molecule has 240 valence electrons. The van der Waals surface area contributed by atoms with Gasteiger partial charge in [-0.3, -0.25) is 0 Å². The number of aromatic nitrogens is 2. The molecule has 6 heteroatoms. The summed E-state index contributed by atoms with van der Waals surface area (Å²) in [5.41, 5.74) is 9.55. The van der Waals surface area contributed by atoms with Crippen LogP contribution in [0.4, 0.5) is 22.7 Å². The van der Waals surface area contributed by atoms with Crippen LogP contribution < -0.4 is 14.5 Å². The molecule has 0 spiro atoms. The van der Waals surface area contributed by atoms with E-state index in [9.17, 15) is 0 Å². The number of nitrogens with zero attached hydrogens (tertiary/aromatic N) is 4. The van der Waals surface area contributed by atoms with E-state index in [2.05, 4.69) is 145 Å². The molecule has 7 aromatic rings. The quantitative estimate of drug-likeness (QED) is 0.157. The van der Waals surface area contributed by atoms with E-state index < -0.39 is 0 Å². The number of ether oxygens (including phenoxy) is 1. The summed E-state index contributed by atoms with van der Waals surface area (Å²) in [4.78, 5) is 9.03. The molecule has 0 bridgehead atoms. The summed E-state index contributed by atoms with van der Waals surface area (Å²) >= 11 is 0. The van der Waals surface area contributed by atoms with Crippen LogP contribution in [0, 0.1) is 18.8 Å². The minimum atomic E-state index is 0. The van der Waals surface area contributed by atoms with Crippen molar-refractivity contribution in [2.75, 3.05) is 9.80 Å². The molecule has 0 atom stereocenters. The molecule has 2 aromatic heterocycles. The van der Waals surface area contributed by atoms with Crippen LogP contribution in [0.25, 0.3) is 27.8 Å². The predicted molar refractivity (Wildman–Crippen MR) is 191 cm³/mol. The maximum Gasteiger partial charge on any atom is 0.142 e. The summed E-state index contributed by atoms with van der Waals surface area (Å²) in [6.07, 6.45) is 3.81. The van der Waals surface area contributed by atoms with E-state index in [1.807, 2.05) is 47.2 Å². The van der Waals surface area contributed by atoms with Crippen molar-refractivity contribution in [3.8, 4) is 28.3 Å². The van der Waals surface area contributed by atoms with Crippen molar-refractivity contribution in [2.24, 2.45) is 0 Å². The van der Waals surface area contributed by atoms with E-state index >= 15 is 0 Å². The first-order valence-corrected chi connectivity index (χ1v) is 15.8. The summed E-state index contributed by atoms with van der Waals surface area (Å²) in [5, 5.41) is 1.07. The number of hydrogen-bond acceptors (Lipinski definition) is 4. The molecular formula is C42H33N4OPt-3. The van der Waals surface area contributed by atoms with Gasteiger partial charge in [0.25, 0.3) is 0 Å². The molecule has 0 radical (unpaired) electrons. The van der Waals surface area contributed by atoms with Gasteiger partial charge in [-0.25, -0.2) is 4.98 Å². The summed E-state index contributed by atoms with van der Waals surface area (Å²) in [5.74, 6) is 1.21. The number of anilines is 4. The van der Waals surface area contributed by atoms with Gasteiger partial charge in [0.2, 0.25) is 0 Å². The van der Waals surface area contributed by atoms with Crippen LogP contribution in [0.15, 0.2) is 140 Å². The Labute approximate surface area is 296 Å².